The molecule has 1 atom stereocenters. The van der Waals surface area contributed by atoms with Crippen LogP contribution in [0.25, 0.3) is 22.7 Å². The molecule has 0 amide bonds. The lowest BCUT2D eigenvalue weighted by Crippen LogP contribution is -2.38. The van der Waals surface area contributed by atoms with E-state index >= 15 is 0 Å². The van der Waals surface area contributed by atoms with E-state index in [2.05, 4.69) is 41.1 Å². The Hall–Kier alpha value is -4.23. The average Bonchev–Trinajstić information content (AvgIpc) is 3.54. The van der Waals surface area contributed by atoms with Gasteiger partial charge in [-0.05, 0) is 71.5 Å². The van der Waals surface area contributed by atoms with Crippen molar-refractivity contribution in [3.05, 3.63) is 166 Å². The molecule has 0 bridgehead atoms. The van der Waals surface area contributed by atoms with Crippen molar-refractivity contribution in [1.29, 1.82) is 0 Å². The van der Waals surface area contributed by atoms with E-state index in [0.717, 1.165) is 57.3 Å². The van der Waals surface area contributed by atoms with Crippen molar-refractivity contribution in [2.45, 2.75) is 25.4 Å². The van der Waals surface area contributed by atoms with Gasteiger partial charge < -0.3 is 4.57 Å². The number of benzene rings is 4. The van der Waals surface area contributed by atoms with Gasteiger partial charge in [0.05, 0.1) is 16.3 Å². The van der Waals surface area contributed by atoms with Crippen molar-refractivity contribution in [2.24, 2.45) is 4.99 Å². The van der Waals surface area contributed by atoms with Crippen LogP contribution in [0.5, 0.6) is 0 Å². The summed E-state index contributed by atoms with van der Waals surface area (Å²) < 4.78 is 18.5. The molecule has 0 fully saturated rings. The minimum Gasteiger partial charge on any atom is -0.342 e. The summed E-state index contributed by atoms with van der Waals surface area (Å²) in [6.07, 6.45) is 5.67. The SMILES string of the molecule is O=c1/c(=C/c2cn(Cc3ccc(Cl)cc3Cl)c3ccccc23)sc2n1[C@@H](c1ccc(F)cc1)C1=C(N=2)c2ccccc2CC1. The molecule has 216 valence electrons. The van der Waals surface area contributed by atoms with Crippen molar-refractivity contribution in [3.8, 4) is 0 Å². The first-order valence-corrected chi connectivity index (χ1v) is 15.9. The van der Waals surface area contributed by atoms with Gasteiger partial charge in [-0.2, -0.15) is 0 Å². The van der Waals surface area contributed by atoms with Crippen LogP contribution in [0.1, 0.15) is 40.3 Å². The number of hydrogen-bond donors (Lipinski definition) is 0. The highest BCUT2D eigenvalue weighted by Crippen LogP contribution is 2.41. The number of fused-ring (bicyclic) bond motifs is 4. The van der Waals surface area contributed by atoms with E-state index in [4.69, 9.17) is 28.2 Å². The maximum Gasteiger partial charge on any atom is 0.271 e. The van der Waals surface area contributed by atoms with Crippen molar-refractivity contribution in [2.75, 3.05) is 0 Å². The van der Waals surface area contributed by atoms with Crippen LogP contribution < -0.4 is 14.9 Å². The molecule has 0 radical (unpaired) electrons. The Balaban J connectivity index is 1.31. The van der Waals surface area contributed by atoms with E-state index in [1.54, 1.807) is 22.8 Å². The lowest BCUT2D eigenvalue weighted by Gasteiger charge is -2.30. The minimum atomic E-state index is -0.356. The highest BCUT2D eigenvalue weighted by atomic mass is 35.5. The van der Waals surface area contributed by atoms with E-state index in [9.17, 15) is 9.18 Å². The number of rotatable bonds is 4. The number of aryl methyl sites for hydroxylation is 1. The molecular weight excluding hydrogens is 612 g/mol. The third-order valence-corrected chi connectivity index (χ3v) is 10.1. The molecule has 0 N–H and O–H groups in total. The zero-order chi connectivity index (χ0) is 29.9. The summed E-state index contributed by atoms with van der Waals surface area (Å²) in [5.74, 6) is -0.305. The van der Waals surface area contributed by atoms with Gasteiger partial charge in [-0.15, -0.1) is 0 Å². The molecule has 0 spiro atoms. The zero-order valence-corrected chi connectivity index (χ0v) is 25.6. The molecule has 8 heteroatoms. The minimum absolute atomic E-state index is 0.105. The van der Waals surface area contributed by atoms with E-state index < -0.39 is 0 Å². The number of nitrogens with zero attached hydrogens (tertiary/aromatic N) is 3. The number of thiazole rings is 1. The largest absolute Gasteiger partial charge is 0.342 e. The molecule has 0 saturated carbocycles. The normalized spacial score (nSPS) is 16.1. The van der Waals surface area contributed by atoms with E-state index in [1.807, 2.05) is 36.4 Å². The van der Waals surface area contributed by atoms with Gasteiger partial charge in [0.1, 0.15) is 5.82 Å². The first-order valence-electron chi connectivity index (χ1n) is 14.3. The van der Waals surface area contributed by atoms with Gasteiger partial charge in [-0.1, -0.05) is 95.2 Å². The molecule has 0 saturated heterocycles. The standard InChI is InChI=1S/C36H24Cl2FN3OS/c37-25-13-9-23(30(38)18-25)19-41-20-24(27-6-3-4-8-31(27)41)17-32-35(43)42-34(22-10-14-26(39)15-11-22)29-16-12-21-5-1-2-7-28(21)33(29)40-36(42)44-32/h1-11,13-15,17-18,20,34H,12,16,19H2/b32-17-/t34-/m0/s1. The smallest absolute Gasteiger partial charge is 0.271 e. The second-order valence-corrected chi connectivity index (χ2v) is 13.0. The molecule has 4 nitrogen and oxygen atoms in total. The lowest BCUT2D eigenvalue weighted by molar-refractivity contribution is 0.581. The van der Waals surface area contributed by atoms with Gasteiger partial charge in [0.25, 0.3) is 5.56 Å². The molecule has 44 heavy (non-hydrogen) atoms. The molecular formula is C36H24Cl2FN3OS. The Bertz CT molecular complexity index is 2330. The highest BCUT2D eigenvalue weighted by molar-refractivity contribution is 7.07. The third-order valence-electron chi connectivity index (χ3n) is 8.52. The molecule has 0 unspecified atom stereocenters. The second-order valence-electron chi connectivity index (χ2n) is 11.1. The van der Waals surface area contributed by atoms with Gasteiger partial charge in [0.2, 0.25) is 0 Å². The van der Waals surface area contributed by atoms with Crippen LogP contribution in [-0.2, 0) is 13.0 Å². The summed E-state index contributed by atoms with van der Waals surface area (Å²) in [4.78, 5) is 20.0. The number of aromatic nitrogens is 2. The quantitative estimate of drug-likeness (QED) is 0.195. The monoisotopic (exact) mass is 635 g/mol. The number of halogens is 3. The van der Waals surface area contributed by atoms with Crippen molar-refractivity contribution in [1.82, 2.24) is 9.13 Å². The number of para-hydroxylation sites is 1. The Kier molecular flexibility index (Phi) is 6.67. The van der Waals surface area contributed by atoms with Crippen molar-refractivity contribution < 1.29 is 4.39 Å². The predicted molar refractivity (Wildman–Crippen MR) is 177 cm³/mol. The molecule has 2 aromatic heterocycles. The van der Waals surface area contributed by atoms with Crippen molar-refractivity contribution >= 4 is 57.2 Å². The van der Waals surface area contributed by atoms with Crippen LogP contribution in [0.15, 0.2) is 113 Å². The Labute approximate surface area is 266 Å². The lowest BCUT2D eigenvalue weighted by atomic mass is 9.83. The van der Waals surface area contributed by atoms with Gasteiger partial charge in [0.15, 0.2) is 4.80 Å². The fraction of sp³-hybridized carbons (Fsp3) is 0.111. The first kappa shape index (κ1) is 27.3. The first-order chi connectivity index (χ1) is 21.4. The van der Waals surface area contributed by atoms with Crippen LogP contribution >= 0.6 is 34.5 Å². The van der Waals surface area contributed by atoms with E-state index in [-0.39, 0.29) is 17.4 Å². The topological polar surface area (TPSA) is 39.3 Å². The van der Waals surface area contributed by atoms with Gasteiger partial charge in [0, 0.05) is 44.8 Å². The Morgan fingerprint density at radius 3 is 2.59 bits per heavy atom. The van der Waals surface area contributed by atoms with Crippen LogP contribution in [0.2, 0.25) is 10.0 Å². The van der Waals surface area contributed by atoms with E-state index in [1.165, 1.54) is 29.0 Å². The maximum atomic E-state index is 14.2. The second kappa shape index (κ2) is 10.7. The predicted octanol–water partition coefficient (Wildman–Crippen LogP) is 7.77. The fourth-order valence-electron chi connectivity index (χ4n) is 6.46. The Morgan fingerprint density at radius 1 is 0.955 bits per heavy atom. The van der Waals surface area contributed by atoms with E-state index in [0.29, 0.717) is 25.9 Å². The van der Waals surface area contributed by atoms with Crippen molar-refractivity contribution in [3.63, 3.8) is 0 Å². The number of allylic oxidation sites excluding steroid dienone is 1. The summed E-state index contributed by atoms with van der Waals surface area (Å²) in [7, 11) is 0. The van der Waals surface area contributed by atoms with Gasteiger partial charge in [-0.25, -0.2) is 9.38 Å². The summed E-state index contributed by atoms with van der Waals surface area (Å²) in [5.41, 5.74) is 8.05. The summed E-state index contributed by atoms with van der Waals surface area (Å²) in [5, 5.41) is 2.24. The summed E-state index contributed by atoms with van der Waals surface area (Å²) in [6.45, 7) is 0.558. The summed E-state index contributed by atoms with van der Waals surface area (Å²) >= 11 is 14.0. The maximum absolute atomic E-state index is 14.2. The Morgan fingerprint density at radius 2 is 1.75 bits per heavy atom. The molecule has 2 aliphatic rings. The summed E-state index contributed by atoms with van der Waals surface area (Å²) in [6, 6.07) is 28.1. The van der Waals surface area contributed by atoms with Crippen LogP contribution in [-0.4, -0.2) is 9.13 Å². The zero-order valence-electron chi connectivity index (χ0n) is 23.3. The van der Waals surface area contributed by atoms with Gasteiger partial charge >= 0.3 is 0 Å². The number of hydrogen-bond acceptors (Lipinski definition) is 3. The molecule has 3 heterocycles. The molecule has 4 aromatic carbocycles. The highest BCUT2D eigenvalue weighted by Gasteiger charge is 2.32. The molecule has 6 aromatic rings. The third kappa shape index (κ3) is 4.56. The molecule has 1 aliphatic carbocycles. The fourth-order valence-corrected chi connectivity index (χ4v) is 7.92. The van der Waals surface area contributed by atoms with Crippen LogP contribution in [0.4, 0.5) is 4.39 Å². The molecule has 8 rings (SSSR count). The van der Waals surface area contributed by atoms with Crippen LogP contribution in [0, 0.1) is 5.82 Å². The average molecular weight is 637 g/mol. The molecule has 1 aliphatic heterocycles. The van der Waals surface area contributed by atoms with Crippen LogP contribution in [0.3, 0.4) is 0 Å². The van der Waals surface area contributed by atoms with Gasteiger partial charge in [-0.3, -0.25) is 9.36 Å².